The third-order valence-electron chi connectivity index (χ3n) is 1.97. The van der Waals surface area contributed by atoms with Gasteiger partial charge in [0.05, 0.1) is 10.7 Å². The van der Waals surface area contributed by atoms with Gasteiger partial charge in [-0.3, -0.25) is 4.79 Å². The quantitative estimate of drug-likeness (QED) is 0.701. The van der Waals surface area contributed by atoms with Gasteiger partial charge in [-0.15, -0.1) is 0 Å². The van der Waals surface area contributed by atoms with Crippen LogP contribution in [0.1, 0.15) is 6.42 Å². The Kier molecular flexibility index (Phi) is 4.39. The lowest BCUT2D eigenvalue weighted by molar-refractivity contribution is -0.118. The van der Waals surface area contributed by atoms with Gasteiger partial charge in [-0.25, -0.2) is 0 Å². The van der Waals surface area contributed by atoms with Gasteiger partial charge >= 0.3 is 0 Å². The van der Waals surface area contributed by atoms with E-state index in [0.29, 0.717) is 11.6 Å². The minimum absolute atomic E-state index is 0.178. The van der Waals surface area contributed by atoms with E-state index in [2.05, 4.69) is 5.32 Å². The Balaban J connectivity index is 2.66. The van der Waals surface area contributed by atoms with Crippen molar-refractivity contribution in [1.29, 1.82) is 0 Å². The molecule has 0 heterocycles. The Morgan fingerprint density at radius 3 is 2.67 bits per heavy atom. The maximum atomic E-state index is 10.7. The molecule has 0 aliphatic heterocycles. The van der Waals surface area contributed by atoms with Crippen LogP contribution in [0.4, 0.5) is 5.69 Å². The number of halogens is 1. The molecule has 1 rings (SSSR count). The molecule has 4 nitrogen and oxygen atoms in total. The summed E-state index contributed by atoms with van der Waals surface area (Å²) in [4.78, 5) is 10.7. The fourth-order valence-electron chi connectivity index (χ4n) is 1.23. The summed E-state index contributed by atoms with van der Waals surface area (Å²) in [5.41, 5.74) is 11.4. The largest absolute Gasteiger partial charge is 0.379 e. The number of nitrogens with two attached hydrogens (primary N) is 2. The number of nitrogens with one attached hydrogen (secondary N) is 1. The molecule has 1 atom stereocenters. The van der Waals surface area contributed by atoms with Gasteiger partial charge in [0.1, 0.15) is 0 Å². The van der Waals surface area contributed by atoms with E-state index in [1.165, 1.54) is 0 Å². The molecule has 0 fully saturated rings. The van der Waals surface area contributed by atoms with Crippen LogP contribution in [0, 0.1) is 0 Å². The van der Waals surface area contributed by atoms with Crippen LogP contribution < -0.4 is 16.8 Å². The van der Waals surface area contributed by atoms with Gasteiger partial charge in [0.25, 0.3) is 0 Å². The Morgan fingerprint density at radius 1 is 1.47 bits per heavy atom. The molecule has 1 aromatic rings. The zero-order valence-electron chi connectivity index (χ0n) is 8.24. The van der Waals surface area contributed by atoms with Crippen molar-refractivity contribution in [1.82, 2.24) is 0 Å². The number of para-hydroxylation sites is 1. The monoisotopic (exact) mass is 227 g/mol. The van der Waals surface area contributed by atoms with Gasteiger partial charge in [0.15, 0.2) is 0 Å². The van der Waals surface area contributed by atoms with E-state index >= 15 is 0 Å². The number of hydrogen-bond acceptors (Lipinski definition) is 3. The predicted octanol–water partition coefficient (Wildman–Crippen LogP) is 0.955. The summed E-state index contributed by atoms with van der Waals surface area (Å²) in [6, 6.07) is 7.10. The van der Waals surface area contributed by atoms with Gasteiger partial charge in [0, 0.05) is 19.0 Å². The summed E-state index contributed by atoms with van der Waals surface area (Å²) in [6.07, 6.45) is 0.196. The lowest BCUT2D eigenvalue weighted by Gasteiger charge is -2.17. The van der Waals surface area contributed by atoms with Crippen molar-refractivity contribution in [2.24, 2.45) is 11.5 Å². The number of amides is 1. The molecule has 0 aliphatic carbocycles. The smallest absolute Gasteiger partial charge is 0.219 e. The number of carbonyl (C=O) groups is 1. The van der Waals surface area contributed by atoms with E-state index in [-0.39, 0.29) is 18.4 Å². The first-order valence-corrected chi connectivity index (χ1v) is 5.00. The van der Waals surface area contributed by atoms with Gasteiger partial charge in [0.2, 0.25) is 5.91 Å². The molecule has 0 aromatic heterocycles. The molecule has 0 saturated carbocycles. The molecular formula is C10H14ClN3O. The Labute approximate surface area is 93.6 Å². The van der Waals surface area contributed by atoms with Gasteiger partial charge in [-0.05, 0) is 12.1 Å². The molecule has 0 aliphatic rings. The van der Waals surface area contributed by atoms with Crippen molar-refractivity contribution in [2.75, 3.05) is 11.9 Å². The second-order valence-electron chi connectivity index (χ2n) is 3.23. The van der Waals surface area contributed by atoms with Crippen LogP contribution in [0.5, 0.6) is 0 Å². The Bertz CT molecular complexity index is 343. The highest BCUT2D eigenvalue weighted by molar-refractivity contribution is 6.33. The number of anilines is 1. The maximum absolute atomic E-state index is 10.7. The fraction of sp³-hybridized carbons (Fsp3) is 0.300. The standard InChI is InChI=1S/C10H14ClN3O/c11-8-3-1-2-4-9(8)14-7(6-12)5-10(13)15/h1-4,7,14H,5-6,12H2,(H2,13,15). The second-order valence-corrected chi connectivity index (χ2v) is 3.63. The summed E-state index contributed by atoms with van der Waals surface area (Å²) in [5.74, 6) is -0.384. The highest BCUT2D eigenvalue weighted by Gasteiger charge is 2.10. The molecule has 0 radical (unpaired) electrons. The summed E-state index contributed by atoms with van der Waals surface area (Å²) < 4.78 is 0. The molecule has 1 aromatic carbocycles. The van der Waals surface area contributed by atoms with E-state index in [0.717, 1.165) is 5.69 Å². The highest BCUT2D eigenvalue weighted by atomic mass is 35.5. The minimum atomic E-state index is -0.384. The van der Waals surface area contributed by atoms with Gasteiger partial charge in [-0.1, -0.05) is 23.7 Å². The van der Waals surface area contributed by atoms with E-state index in [1.54, 1.807) is 6.07 Å². The Morgan fingerprint density at radius 2 is 2.13 bits per heavy atom. The number of hydrogen-bond donors (Lipinski definition) is 3. The van der Waals surface area contributed by atoms with E-state index in [4.69, 9.17) is 23.1 Å². The molecule has 0 bridgehead atoms. The van der Waals surface area contributed by atoms with Crippen LogP contribution in [0.25, 0.3) is 0 Å². The maximum Gasteiger partial charge on any atom is 0.219 e. The second kappa shape index (κ2) is 5.58. The molecule has 5 heteroatoms. The minimum Gasteiger partial charge on any atom is -0.379 e. The average molecular weight is 228 g/mol. The lowest BCUT2D eigenvalue weighted by Crippen LogP contribution is -2.33. The first kappa shape index (κ1) is 11.8. The van der Waals surface area contributed by atoms with Crippen LogP contribution in [-0.4, -0.2) is 18.5 Å². The van der Waals surface area contributed by atoms with Gasteiger partial charge < -0.3 is 16.8 Å². The van der Waals surface area contributed by atoms with Crippen LogP contribution in [0.15, 0.2) is 24.3 Å². The molecule has 82 valence electrons. The van der Waals surface area contributed by atoms with E-state index < -0.39 is 0 Å². The van der Waals surface area contributed by atoms with Crippen molar-refractivity contribution >= 4 is 23.2 Å². The topological polar surface area (TPSA) is 81.1 Å². The predicted molar refractivity (Wildman–Crippen MR) is 61.7 cm³/mol. The summed E-state index contributed by atoms with van der Waals surface area (Å²) in [7, 11) is 0. The van der Waals surface area contributed by atoms with Crippen LogP contribution >= 0.6 is 11.6 Å². The number of benzene rings is 1. The van der Waals surface area contributed by atoms with Gasteiger partial charge in [-0.2, -0.15) is 0 Å². The summed E-state index contributed by atoms with van der Waals surface area (Å²) in [6.45, 7) is 0.328. The number of carbonyl (C=O) groups excluding carboxylic acids is 1. The molecular weight excluding hydrogens is 214 g/mol. The normalized spacial score (nSPS) is 12.1. The first-order valence-electron chi connectivity index (χ1n) is 4.63. The van der Waals surface area contributed by atoms with Crippen LogP contribution in [-0.2, 0) is 4.79 Å². The number of rotatable bonds is 5. The molecule has 1 unspecified atom stereocenters. The van der Waals surface area contributed by atoms with E-state index in [1.807, 2.05) is 18.2 Å². The average Bonchev–Trinajstić information content (AvgIpc) is 2.19. The SMILES string of the molecule is NCC(CC(N)=O)Nc1ccccc1Cl. The molecule has 5 N–H and O–H groups in total. The lowest BCUT2D eigenvalue weighted by atomic mass is 10.2. The zero-order chi connectivity index (χ0) is 11.3. The van der Waals surface area contributed by atoms with Crippen LogP contribution in [0.3, 0.4) is 0 Å². The van der Waals surface area contributed by atoms with Crippen molar-refractivity contribution in [2.45, 2.75) is 12.5 Å². The highest BCUT2D eigenvalue weighted by Crippen LogP contribution is 2.21. The Hall–Kier alpha value is -1.26. The van der Waals surface area contributed by atoms with Crippen molar-refractivity contribution in [3.63, 3.8) is 0 Å². The van der Waals surface area contributed by atoms with Crippen molar-refractivity contribution < 1.29 is 4.79 Å². The third-order valence-corrected chi connectivity index (χ3v) is 2.30. The summed E-state index contributed by atoms with van der Waals surface area (Å²) >= 11 is 5.94. The van der Waals surface area contributed by atoms with Crippen LogP contribution in [0.2, 0.25) is 5.02 Å². The number of primary amides is 1. The molecule has 0 saturated heterocycles. The zero-order valence-corrected chi connectivity index (χ0v) is 9.00. The fourth-order valence-corrected chi connectivity index (χ4v) is 1.42. The van der Waals surface area contributed by atoms with E-state index in [9.17, 15) is 4.79 Å². The van der Waals surface area contributed by atoms with Crippen molar-refractivity contribution in [3.8, 4) is 0 Å². The summed E-state index contributed by atoms with van der Waals surface area (Å²) in [5, 5.41) is 3.67. The molecule has 15 heavy (non-hydrogen) atoms. The molecule has 0 spiro atoms. The molecule has 1 amide bonds. The van der Waals surface area contributed by atoms with Crippen molar-refractivity contribution in [3.05, 3.63) is 29.3 Å². The first-order chi connectivity index (χ1) is 7.13. The third kappa shape index (κ3) is 3.77.